The number of hydrogen-bond acceptors (Lipinski definition) is 5. The highest BCUT2D eigenvalue weighted by molar-refractivity contribution is 8.00. The first-order chi connectivity index (χ1) is 12.4. The first-order valence-corrected chi connectivity index (χ1v) is 9.39. The molecular formula is C18H15Cl2N3O2S. The van der Waals surface area contributed by atoms with Gasteiger partial charge in [-0.05, 0) is 44.2 Å². The average Bonchev–Trinajstić information content (AvgIpc) is 3.07. The van der Waals surface area contributed by atoms with Gasteiger partial charge in [-0.2, -0.15) is 0 Å². The Morgan fingerprint density at radius 3 is 2.62 bits per heavy atom. The van der Waals surface area contributed by atoms with Gasteiger partial charge in [-0.15, -0.1) is 10.2 Å². The van der Waals surface area contributed by atoms with E-state index in [1.807, 2.05) is 31.2 Å². The summed E-state index contributed by atoms with van der Waals surface area (Å²) in [4.78, 5) is 12.4. The van der Waals surface area contributed by atoms with Crippen molar-refractivity contribution < 1.29 is 9.21 Å². The number of nitrogens with one attached hydrogen (secondary N) is 1. The fourth-order valence-electron chi connectivity index (χ4n) is 2.10. The van der Waals surface area contributed by atoms with E-state index in [1.54, 1.807) is 25.1 Å². The van der Waals surface area contributed by atoms with Crippen molar-refractivity contribution in [2.24, 2.45) is 0 Å². The molecule has 0 bridgehead atoms. The fraction of sp³-hybridized carbons (Fsp3) is 0.167. The lowest BCUT2D eigenvalue weighted by Gasteiger charge is -2.11. The van der Waals surface area contributed by atoms with Crippen LogP contribution in [-0.2, 0) is 4.79 Å². The number of hydrogen-bond donors (Lipinski definition) is 1. The Hall–Kier alpha value is -2.02. The number of carbonyl (C=O) groups is 1. The Balaban J connectivity index is 1.66. The maximum Gasteiger partial charge on any atom is 0.277 e. The van der Waals surface area contributed by atoms with Gasteiger partial charge in [0.2, 0.25) is 11.8 Å². The number of carbonyl (C=O) groups excluding carboxylic acids is 1. The lowest BCUT2D eigenvalue weighted by Crippen LogP contribution is -2.22. The molecule has 134 valence electrons. The van der Waals surface area contributed by atoms with Crippen LogP contribution in [0.5, 0.6) is 0 Å². The molecule has 8 heteroatoms. The van der Waals surface area contributed by atoms with Crippen molar-refractivity contribution in [1.29, 1.82) is 0 Å². The van der Waals surface area contributed by atoms with E-state index >= 15 is 0 Å². The summed E-state index contributed by atoms with van der Waals surface area (Å²) >= 11 is 13.2. The Bertz CT molecular complexity index is 928. The molecule has 3 aromatic rings. The van der Waals surface area contributed by atoms with Gasteiger partial charge >= 0.3 is 0 Å². The summed E-state index contributed by atoms with van der Waals surface area (Å²) in [5.74, 6) is 0.173. The van der Waals surface area contributed by atoms with Crippen LogP contribution in [0.15, 0.2) is 52.1 Å². The molecule has 1 N–H and O–H groups in total. The predicted molar refractivity (Wildman–Crippen MR) is 105 cm³/mol. The number of aryl methyl sites for hydroxylation is 1. The minimum absolute atomic E-state index is 0.241. The van der Waals surface area contributed by atoms with Gasteiger partial charge in [0.05, 0.1) is 16.0 Å². The number of thioether (sulfide) groups is 1. The number of aromatic nitrogens is 2. The molecule has 0 saturated carbocycles. The van der Waals surface area contributed by atoms with E-state index in [-0.39, 0.29) is 5.91 Å². The largest absolute Gasteiger partial charge is 0.411 e. The highest BCUT2D eigenvalue weighted by Gasteiger charge is 2.19. The molecule has 0 aliphatic heterocycles. The smallest absolute Gasteiger partial charge is 0.277 e. The number of nitrogens with zero attached hydrogens (tertiary/aromatic N) is 2. The maximum atomic E-state index is 12.4. The second kappa shape index (κ2) is 8.12. The van der Waals surface area contributed by atoms with Crippen LogP contribution in [-0.4, -0.2) is 21.4 Å². The highest BCUT2D eigenvalue weighted by Crippen LogP contribution is 2.29. The minimum Gasteiger partial charge on any atom is -0.411 e. The van der Waals surface area contributed by atoms with Crippen LogP contribution < -0.4 is 5.32 Å². The van der Waals surface area contributed by atoms with Gasteiger partial charge in [0.25, 0.3) is 5.22 Å². The molecule has 3 rings (SSSR count). The van der Waals surface area contributed by atoms with E-state index in [0.29, 0.717) is 26.8 Å². The van der Waals surface area contributed by atoms with Crippen LogP contribution in [0.25, 0.3) is 11.5 Å². The summed E-state index contributed by atoms with van der Waals surface area (Å²) in [7, 11) is 0. The van der Waals surface area contributed by atoms with E-state index < -0.39 is 5.25 Å². The number of anilines is 1. The van der Waals surface area contributed by atoms with Crippen molar-refractivity contribution in [2.75, 3.05) is 5.32 Å². The van der Waals surface area contributed by atoms with Crippen LogP contribution in [0.3, 0.4) is 0 Å². The Labute approximate surface area is 165 Å². The molecule has 1 atom stereocenters. The summed E-state index contributed by atoms with van der Waals surface area (Å²) in [5.41, 5.74) is 2.44. The summed E-state index contributed by atoms with van der Waals surface area (Å²) in [5, 5.41) is 11.5. The van der Waals surface area contributed by atoms with E-state index in [0.717, 1.165) is 11.1 Å². The zero-order valence-electron chi connectivity index (χ0n) is 14.0. The predicted octanol–water partition coefficient (Wildman–Crippen LogP) is 5.47. The van der Waals surface area contributed by atoms with Gasteiger partial charge < -0.3 is 9.73 Å². The molecule has 2 aromatic carbocycles. The number of halogens is 2. The molecule has 0 radical (unpaired) electrons. The molecule has 0 aliphatic carbocycles. The van der Waals surface area contributed by atoms with Gasteiger partial charge in [0, 0.05) is 10.6 Å². The molecule has 0 aliphatic rings. The third kappa shape index (κ3) is 4.58. The fourth-order valence-corrected chi connectivity index (χ4v) is 3.12. The standard InChI is InChI=1S/C18H15Cl2N3O2S/c1-10-3-5-12(6-4-10)17-22-23-18(25-17)26-11(2)16(24)21-15-9-13(19)7-8-14(15)20/h3-9,11H,1-2H3,(H,21,24). The molecule has 0 saturated heterocycles. The highest BCUT2D eigenvalue weighted by atomic mass is 35.5. The second-order valence-electron chi connectivity index (χ2n) is 5.61. The van der Waals surface area contributed by atoms with Crippen molar-refractivity contribution in [3.05, 3.63) is 58.1 Å². The van der Waals surface area contributed by atoms with E-state index in [4.69, 9.17) is 27.6 Å². The normalized spacial score (nSPS) is 12.0. The van der Waals surface area contributed by atoms with Crippen molar-refractivity contribution >= 4 is 46.6 Å². The van der Waals surface area contributed by atoms with Crippen LogP contribution in [0, 0.1) is 6.92 Å². The summed E-state index contributed by atoms with van der Waals surface area (Å²) in [6.45, 7) is 3.75. The molecule has 1 unspecified atom stereocenters. The maximum absolute atomic E-state index is 12.4. The van der Waals surface area contributed by atoms with Crippen molar-refractivity contribution in [3.8, 4) is 11.5 Å². The van der Waals surface area contributed by atoms with Crippen molar-refractivity contribution in [2.45, 2.75) is 24.3 Å². The Morgan fingerprint density at radius 1 is 1.15 bits per heavy atom. The third-order valence-corrected chi connectivity index (χ3v) is 5.04. The number of amides is 1. The van der Waals surface area contributed by atoms with Gasteiger partial charge in [-0.25, -0.2) is 0 Å². The quantitative estimate of drug-likeness (QED) is 0.567. The van der Waals surface area contributed by atoms with Crippen molar-refractivity contribution in [3.63, 3.8) is 0 Å². The van der Waals surface area contributed by atoms with Crippen LogP contribution in [0.1, 0.15) is 12.5 Å². The summed E-state index contributed by atoms with van der Waals surface area (Å²) in [6, 6.07) is 12.6. The lowest BCUT2D eigenvalue weighted by atomic mass is 10.1. The molecule has 1 heterocycles. The first-order valence-electron chi connectivity index (χ1n) is 7.75. The van der Waals surface area contributed by atoms with E-state index in [2.05, 4.69) is 15.5 Å². The Kier molecular flexibility index (Phi) is 5.86. The second-order valence-corrected chi connectivity index (χ2v) is 7.75. The molecule has 1 amide bonds. The molecule has 0 spiro atoms. The van der Waals surface area contributed by atoms with Crippen LogP contribution in [0.4, 0.5) is 5.69 Å². The van der Waals surface area contributed by atoms with E-state index in [9.17, 15) is 4.79 Å². The molecule has 5 nitrogen and oxygen atoms in total. The minimum atomic E-state index is -0.462. The van der Waals surface area contributed by atoms with Gasteiger partial charge in [-0.1, -0.05) is 52.7 Å². The third-order valence-electron chi connectivity index (χ3n) is 3.54. The van der Waals surface area contributed by atoms with Crippen molar-refractivity contribution in [1.82, 2.24) is 10.2 Å². The number of benzene rings is 2. The van der Waals surface area contributed by atoms with Crippen LogP contribution in [0.2, 0.25) is 10.0 Å². The molecular weight excluding hydrogens is 393 g/mol. The van der Waals surface area contributed by atoms with E-state index in [1.165, 1.54) is 11.8 Å². The zero-order chi connectivity index (χ0) is 18.7. The summed E-state index contributed by atoms with van der Waals surface area (Å²) < 4.78 is 5.64. The SMILES string of the molecule is Cc1ccc(-c2nnc(SC(C)C(=O)Nc3cc(Cl)ccc3Cl)o2)cc1. The monoisotopic (exact) mass is 407 g/mol. The first kappa shape index (κ1) is 18.8. The lowest BCUT2D eigenvalue weighted by molar-refractivity contribution is -0.115. The molecule has 1 aromatic heterocycles. The van der Waals surface area contributed by atoms with Gasteiger partial charge in [0.1, 0.15) is 0 Å². The number of rotatable bonds is 5. The molecule has 26 heavy (non-hydrogen) atoms. The van der Waals surface area contributed by atoms with Crippen LogP contribution >= 0.6 is 35.0 Å². The Morgan fingerprint density at radius 2 is 1.88 bits per heavy atom. The topological polar surface area (TPSA) is 68.0 Å². The van der Waals surface area contributed by atoms with Gasteiger partial charge in [-0.3, -0.25) is 4.79 Å². The molecule has 0 fully saturated rings. The van der Waals surface area contributed by atoms with Gasteiger partial charge in [0.15, 0.2) is 0 Å². The average molecular weight is 408 g/mol. The summed E-state index contributed by atoms with van der Waals surface area (Å²) in [6.07, 6.45) is 0. The zero-order valence-corrected chi connectivity index (χ0v) is 16.3.